The third kappa shape index (κ3) is 9.42. The monoisotopic (exact) mass is 467 g/mol. The lowest BCUT2D eigenvalue weighted by atomic mass is 10.2. The minimum atomic E-state index is -4.86. The van der Waals surface area contributed by atoms with Gasteiger partial charge in [0.2, 0.25) is 15.9 Å². The van der Waals surface area contributed by atoms with Gasteiger partial charge in [-0.3, -0.25) is 9.69 Å². The van der Waals surface area contributed by atoms with E-state index in [9.17, 15) is 26.4 Å². The van der Waals surface area contributed by atoms with Crippen LogP contribution < -0.4 is 14.8 Å². The van der Waals surface area contributed by atoms with Gasteiger partial charge in [-0.2, -0.15) is 0 Å². The highest BCUT2D eigenvalue weighted by atomic mass is 32.2. The summed E-state index contributed by atoms with van der Waals surface area (Å²) in [6, 6.07) is 3.81. The van der Waals surface area contributed by atoms with Crippen LogP contribution in [0.1, 0.15) is 26.7 Å². The summed E-state index contributed by atoms with van der Waals surface area (Å²) in [7, 11) is -3.95. The molecule has 1 aromatic carbocycles. The SMILES string of the molecule is CC1CN(CCCNC(=O)CCNS(=O)(=O)c2ccc(OC(F)(F)F)cc2)CC(C)O1. The first-order chi connectivity index (χ1) is 14.4. The van der Waals surface area contributed by atoms with Crippen molar-refractivity contribution in [3.05, 3.63) is 24.3 Å². The molecule has 2 N–H and O–H groups in total. The zero-order chi connectivity index (χ0) is 23.1. The Morgan fingerprint density at radius 2 is 1.77 bits per heavy atom. The average molecular weight is 468 g/mol. The van der Waals surface area contributed by atoms with Crippen molar-refractivity contribution in [2.45, 2.75) is 50.2 Å². The first-order valence-electron chi connectivity index (χ1n) is 9.94. The van der Waals surface area contributed by atoms with Crippen molar-refractivity contribution in [1.82, 2.24) is 14.9 Å². The normalized spacial score (nSPS) is 20.4. The first kappa shape index (κ1) is 25.4. The van der Waals surface area contributed by atoms with E-state index in [1.807, 2.05) is 13.8 Å². The molecule has 176 valence electrons. The number of nitrogens with one attached hydrogen (secondary N) is 2. The predicted molar refractivity (Wildman–Crippen MR) is 107 cm³/mol. The minimum Gasteiger partial charge on any atom is -0.406 e. The summed E-state index contributed by atoms with van der Waals surface area (Å²) in [5.74, 6) is -0.813. The molecule has 0 bridgehead atoms. The first-order valence-corrected chi connectivity index (χ1v) is 11.4. The topological polar surface area (TPSA) is 97.0 Å². The van der Waals surface area contributed by atoms with Crippen molar-refractivity contribution < 1.29 is 35.9 Å². The summed E-state index contributed by atoms with van der Waals surface area (Å²) in [5, 5.41) is 2.75. The fourth-order valence-corrected chi connectivity index (χ4v) is 4.32. The van der Waals surface area contributed by atoms with Crippen LogP contribution in [0.4, 0.5) is 13.2 Å². The van der Waals surface area contributed by atoms with Crippen molar-refractivity contribution in [3.63, 3.8) is 0 Å². The van der Waals surface area contributed by atoms with Crippen LogP contribution in [0.3, 0.4) is 0 Å². The van der Waals surface area contributed by atoms with Crippen molar-refractivity contribution in [3.8, 4) is 5.75 Å². The smallest absolute Gasteiger partial charge is 0.406 e. The number of amides is 1. The molecule has 12 heteroatoms. The second-order valence-corrected chi connectivity index (χ2v) is 9.15. The van der Waals surface area contributed by atoms with Crippen LogP contribution in [0.5, 0.6) is 5.75 Å². The second-order valence-electron chi connectivity index (χ2n) is 7.39. The lowest BCUT2D eigenvalue weighted by molar-refractivity contribution is -0.274. The number of ether oxygens (including phenoxy) is 2. The van der Waals surface area contributed by atoms with E-state index < -0.39 is 22.1 Å². The maximum Gasteiger partial charge on any atom is 0.573 e. The molecule has 1 aliphatic heterocycles. The second kappa shape index (κ2) is 11.1. The Labute approximate surface area is 180 Å². The molecule has 1 fully saturated rings. The molecule has 0 saturated carbocycles. The highest BCUT2D eigenvalue weighted by Crippen LogP contribution is 2.23. The van der Waals surface area contributed by atoms with Crippen LogP contribution in [-0.4, -0.2) is 70.5 Å². The lowest BCUT2D eigenvalue weighted by Gasteiger charge is -2.35. The van der Waals surface area contributed by atoms with Crippen LogP contribution in [-0.2, 0) is 19.6 Å². The number of sulfonamides is 1. The fourth-order valence-electron chi connectivity index (χ4n) is 3.29. The van der Waals surface area contributed by atoms with Crippen molar-refractivity contribution in [2.75, 3.05) is 32.7 Å². The van der Waals surface area contributed by atoms with Gasteiger partial charge < -0.3 is 14.8 Å². The third-order valence-corrected chi connectivity index (χ3v) is 5.96. The molecule has 0 aliphatic carbocycles. The molecule has 0 radical (unpaired) electrons. The van der Waals surface area contributed by atoms with Gasteiger partial charge in [0, 0.05) is 39.1 Å². The molecule has 0 aromatic heterocycles. The standard InChI is InChI=1S/C19H28F3N3O5S/c1-14-12-25(13-15(2)29-14)11-3-9-23-18(26)8-10-24-31(27,28)17-6-4-16(5-7-17)30-19(20,21)22/h4-7,14-15,24H,3,8-13H2,1-2H3,(H,23,26). The predicted octanol–water partition coefficient (Wildman–Crippen LogP) is 1.87. The number of halogens is 3. The zero-order valence-electron chi connectivity index (χ0n) is 17.4. The molecule has 1 amide bonds. The number of hydrogen-bond acceptors (Lipinski definition) is 6. The van der Waals surface area contributed by atoms with Crippen molar-refractivity contribution in [1.29, 1.82) is 0 Å². The number of hydrogen-bond donors (Lipinski definition) is 2. The highest BCUT2D eigenvalue weighted by Gasteiger charge is 2.31. The van der Waals surface area contributed by atoms with Gasteiger partial charge in [-0.1, -0.05) is 0 Å². The molecular weight excluding hydrogens is 439 g/mol. The number of morpholine rings is 1. The summed E-state index contributed by atoms with van der Waals surface area (Å²) in [4.78, 5) is 14.0. The van der Waals surface area contributed by atoms with Gasteiger partial charge in [0.25, 0.3) is 0 Å². The van der Waals surface area contributed by atoms with E-state index in [4.69, 9.17) is 4.74 Å². The van der Waals surface area contributed by atoms with Crippen LogP contribution in [0.25, 0.3) is 0 Å². The molecular formula is C19H28F3N3O5S. The number of carbonyl (C=O) groups is 1. The van der Waals surface area contributed by atoms with Gasteiger partial charge in [-0.25, -0.2) is 13.1 Å². The van der Waals surface area contributed by atoms with Gasteiger partial charge in [-0.15, -0.1) is 13.2 Å². The van der Waals surface area contributed by atoms with E-state index in [2.05, 4.69) is 19.7 Å². The average Bonchev–Trinajstić information content (AvgIpc) is 2.63. The number of nitrogens with zero attached hydrogens (tertiary/aromatic N) is 1. The Hall–Kier alpha value is -1.89. The molecule has 2 rings (SSSR count). The highest BCUT2D eigenvalue weighted by molar-refractivity contribution is 7.89. The molecule has 2 unspecified atom stereocenters. The van der Waals surface area contributed by atoms with E-state index >= 15 is 0 Å². The summed E-state index contributed by atoms with van der Waals surface area (Å²) in [5.41, 5.74) is 0. The summed E-state index contributed by atoms with van der Waals surface area (Å²) in [6.07, 6.45) is -3.78. The minimum absolute atomic E-state index is 0.0554. The Kier molecular flexibility index (Phi) is 9.10. The van der Waals surface area contributed by atoms with Gasteiger partial charge in [0.15, 0.2) is 0 Å². The third-order valence-electron chi connectivity index (χ3n) is 4.48. The Morgan fingerprint density at radius 3 is 2.35 bits per heavy atom. The van der Waals surface area contributed by atoms with Crippen LogP contribution in [0.2, 0.25) is 0 Å². The Morgan fingerprint density at radius 1 is 1.16 bits per heavy atom. The molecule has 8 nitrogen and oxygen atoms in total. The zero-order valence-corrected chi connectivity index (χ0v) is 18.3. The van der Waals surface area contributed by atoms with Crippen molar-refractivity contribution >= 4 is 15.9 Å². The lowest BCUT2D eigenvalue weighted by Crippen LogP contribution is -2.46. The van der Waals surface area contributed by atoms with Gasteiger partial charge in [0.05, 0.1) is 17.1 Å². The quantitative estimate of drug-likeness (QED) is 0.510. The Bertz CT molecular complexity index is 808. The summed E-state index contributed by atoms with van der Waals surface area (Å²) < 4.78 is 72.4. The molecule has 1 aromatic rings. The number of rotatable bonds is 10. The number of carbonyl (C=O) groups excluding carboxylic acids is 1. The van der Waals surface area contributed by atoms with Gasteiger partial charge in [0.1, 0.15) is 5.75 Å². The molecule has 1 saturated heterocycles. The summed E-state index contributed by atoms with van der Waals surface area (Å²) >= 11 is 0. The van der Waals surface area contributed by atoms with Crippen molar-refractivity contribution in [2.24, 2.45) is 0 Å². The van der Waals surface area contributed by atoms with E-state index in [0.29, 0.717) is 6.54 Å². The van der Waals surface area contributed by atoms with Crippen LogP contribution in [0, 0.1) is 0 Å². The van der Waals surface area contributed by atoms with Gasteiger partial charge in [-0.05, 0) is 44.5 Å². The maximum absolute atomic E-state index is 12.2. The molecule has 1 heterocycles. The molecule has 31 heavy (non-hydrogen) atoms. The van der Waals surface area contributed by atoms with E-state index in [0.717, 1.165) is 50.3 Å². The summed E-state index contributed by atoms with van der Waals surface area (Å²) in [6.45, 7) is 6.93. The molecule has 1 aliphatic rings. The fraction of sp³-hybridized carbons (Fsp3) is 0.632. The van der Waals surface area contributed by atoms with E-state index in [-0.39, 0.29) is 36.0 Å². The van der Waals surface area contributed by atoms with E-state index in [1.165, 1.54) is 0 Å². The Balaban J connectivity index is 1.66. The number of alkyl halides is 3. The molecule has 2 atom stereocenters. The number of benzene rings is 1. The van der Waals surface area contributed by atoms with Gasteiger partial charge >= 0.3 is 6.36 Å². The maximum atomic E-state index is 12.2. The largest absolute Gasteiger partial charge is 0.573 e. The van der Waals surface area contributed by atoms with E-state index in [1.54, 1.807) is 0 Å². The van der Waals surface area contributed by atoms with Crippen LogP contribution >= 0.6 is 0 Å². The molecule has 0 spiro atoms. The van der Waals surface area contributed by atoms with Crippen LogP contribution in [0.15, 0.2) is 29.2 Å².